The lowest BCUT2D eigenvalue weighted by atomic mass is 10.3. The molecule has 0 spiro atoms. The summed E-state index contributed by atoms with van der Waals surface area (Å²) in [7, 11) is -0.631. The van der Waals surface area contributed by atoms with Crippen LogP contribution in [-0.4, -0.2) is 30.2 Å². The molecule has 0 fully saturated rings. The topological polar surface area (TPSA) is 18.5 Å². The van der Waals surface area contributed by atoms with E-state index >= 15 is 0 Å². The van der Waals surface area contributed by atoms with E-state index in [0.717, 1.165) is 5.75 Å². The Bertz CT molecular complexity index is 349. The highest BCUT2D eigenvalue weighted by Crippen LogP contribution is 2.54. The monoisotopic (exact) mass is 284 g/mol. The summed E-state index contributed by atoms with van der Waals surface area (Å²) >= 11 is 0. The molecule has 0 aliphatic carbocycles. The molecule has 1 atom stereocenters. The SMILES string of the molecule is CCOC(C)Oc1ccc(S(CC)(CC)CC)cc1. The van der Waals surface area contributed by atoms with Crippen molar-refractivity contribution in [1.82, 2.24) is 0 Å². The lowest BCUT2D eigenvalue weighted by Crippen LogP contribution is -2.16. The highest BCUT2D eigenvalue weighted by molar-refractivity contribution is 8.33. The second-order valence-electron chi connectivity index (χ2n) is 4.52. The first-order chi connectivity index (χ1) is 9.11. The van der Waals surface area contributed by atoms with Crippen molar-refractivity contribution < 1.29 is 9.47 Å². The molecule has 0 aromatic heterocycles. The standard InChI is InChI=1S/C16H28O2S/c1-6-17-14(5)18-15-10-12-16(13-11-15)19(7-2,8-3)9-4/h10-14H,6-9H2,1-5H3. The van der Waals surface area contributed by atoms with Crippen LogP contribution in [-0.2, 0) is 4.74 Å². The van der Waals surface area contributed by atoms with E-state index in [1.807, 2.05) is 13.8 Å². The average Bonchev–Trinajstić information content (AvgIpc) is 2.43. The van der Waals surface area contributed by atoms with E-state index in [1.54, 1.807) is 0 Å². The summed E-state index contributed by atoms with van der Waals surface area (Å²) in [5.41, 5.74) is 0. The zero-order valence-corrected chi connectivity index (χ0v) is 13.8. The largest absolute Gasteiger partial charge is 0.465 e. The first-order valence-corrected chi connectivity index (χ1v) is 9.40. The Labute approximate surface area is 119 Å². The Kier molecular flexibility index (Phi) is 6.73. The van der Waals surface area contributed by atoms with Crippen molar-refractivity contribution in [2.45, 2.75) is 45.8 Å². The van der Waals surface area contributed by atoms with Gasteiger partial charge in [0.2, 0.25) is 0 Å². The van der Waals surface area contributed by atoms with Crippen LogP contribution in [0, 0.1) is 0 Å². The van der Waals surface area contributed by atoms with Crippen LogP contribution in [0.25, 0.3) is 0 Å². The van der Waals surface area contributed by atoms with Crippen molar-refractivity contribution in [3.63, 3.8) is 0 Å². The molecule has 19 heavy (non-hydrogen) atoms. The molecule has 0 saturated carbocycles. The minimum atomic E-state index is -0.631. The zero-order valence-electron chi connectivity index (χ0n) is 12.9. The number of ether oxygens (including phenoxy) is 2. The second kappa shape index (κ2) is 7.81. The highest BCUT2D eigenvalue weighted by atomic mass is 32.3. The van der Waals surface area contributed by atoms with Crippen LogP contribution in [0.15, 0.2) is 29.2 Å². The molecule has 0 N–H and O–H groups in total. The quantitative estimate of drug-likeness (QED) is 0.646. The van der Waals surface area contributed by atoms with Gasteiger partial charge in [0.05, 0.1) is 0 Å². The molecule has 0 amide bonds. The lowest BCUT2D eigenvalue weighted by Gasteiger charge is -2.37. The molecular formula is C16H28O2S. The summed E-state index contributed by atoms with van der Waals surface area (Å²) < 4.78 is 11.1. The molecule has 0 radical (unpaired) electrons. The normalized spacial score (nSPS) is 14.2. The molecular weight excluding hydrogens is 256 g/mol. The maximum Gasteiger partial charge on any atom is 0.196 e. The molecule has 0 heterocycles. The van der Waals surface area contributed by atoms with Gasteiger partial charge in [-0.05, 0) is 60.3 Å². The van der Waals surface area contributed by atoms with Crippen LogP contribution in [0.3, 0.4) is 0 Å². The molecule has 110 valence electrons. The zero-order chi connectivity index (χ0) is 14.3. The molecule has 1 aromatic carbocycles. The van der Waals surface area contributed by atoms with E-state index in [2.05, 4.69) is 45.0 Å². The fraction of sp³-hybridized carbons (Fsp3) is 0.625. The van der Waals surface area contributed by atoms with Crippen LogP contribution in [0.2, 0.25) is 0 Å². The van der Waals surface area contributed by atoms with Crippen LogP contribution in [0.1, 0.15) is 34.6 Å². The van der Waals surface area contributed by atoms with Crippen molar-refractivity contribution in [3.05, 3.63) is 24.3 Å². The lowest BCUT2D eigenvalue weighted by molar-refractivity contribution is -0.0613. The van der Waals surface area contributed by atoms with Crippen molar-refractivity contribution >= 4 is 10.0 Å². The maximum atomic E-state index is 5.71. The van der Waals surface area contributed by atoms with Crippen molar-refractivity contribution in [1.29, 1.82) is 0 Å². The van der Waals surface area contributed by atoms with Gasteiger partial charge in [-0.2, -0.15) is 0 Å². The van der Waals surface area contributed by atoms with E-state index in [9.17, 15) is 0 Å². The molecule has 0 aliphatic heterocycles. The van der Waals surface area contributed by atoms with E-state index in [0.29, 0.717) is 6.61 Å². The Hall–Kier alpha value is -0.670. The van der Waals surface area contributed by atoms with Gasteiger partial charge in [0, 0.05) is 6.61 Å². The average molecular weight is 284 g/mol. The third-order valence-electron chi connectivity index (χ3n) is 3.68. The molecule has 1 unspecified atom stereocenters. The van der Waals surface area contributed by atoms with Gasteiger partial charge in [0.15, 0.2) is 6.29 Å². The van der Waals surface area contributed by atoms with Crippen molar-refractivity contribution in [2.75, 3.05) is 23.9 Å². The highest BCUT2D eigenvalue weighted by Gasteiger charge is 2.20. The molecule has 1 rings (SSSR count). The van der Waals surface area contributed by atoms with E-state index in [4.69, 9.17) is 9.47 Å². The third-order valence-corrected chi connectivity index (χ3v) is 8.27. The first kappa shape index (κ1) is 16.4. The van der Waals surface area contributed by atoms with Gasteiger partial charge in [-0.1, -0.05) is 20.8 Å². The summed E-state index contributed by atoms with van der Waals surface area (Å²) in [6, 6.07) is 8.63. The predicted molar refractivity (Wildman–Crippen MR) is 85.6 cm³/mol. The number of hydrogen-bond acceptors (Lipinski definition) is 2. The fourth-order valence-corrected chi connectivity index (χ4v) is 5.32. The molecule has 3 heteroatoms. The minimum Gasteiger partial charge on any atom is -0.465 e. The Balaban J connectivity index is 2.80. The number of hydrogen-bond donors (Lipinski definition) is 0. The summed E-state index contributed by atoms with van der Waals surface area (Å²) in [6.45, 7) is 11.5. The van der Waals surface area contributed by atoms with E-state index in [-0.39, 0.29) is 6.29 Å². The summed E-state index contributed by atoms with van der Waals surface area (Å²) in [5.74, 6) is 4.67. The molecule has 0 bridgehead atoms. The molecule has 2 nitrogen and oxygen atoms in total. The Morgan fingerprint density at radius 3 is 1.89 bits per heavy atom. The fourth-order valence-electron chi connectivity index (χ4n) is 2.38. The van der Waals surface area contributed by atoms with Gasteiger partial charge in [0.1, 0.15) is 5.75 Å². The summed E-state index contributed by atoms with van der Waals surface area (Å²) in [5, 5.41) is 0. The third kappa shape index (κ3) is 4.15. The minimum absolute atomic E-state index is 0.184. The number of rotatable bonds is 8. The molecule has 1 aromatic rings. The Morgan fingerprint density at radius 2 is 1.47 bits per heavy atom. The van der Waals surface area contributed by atoms with Crippen LogP contribution in [0.4, 0.5) is 0 Å². The predicted octanol–water partition coefficient (Wildman–Crippen LogP) is 4.67. The van der Waals surface area contributed by atoms with Crippen LogP contribution < -0.4 is 4.74 Å². The Morgan fingerprint density at radius 1 is 0.947 bits per heavy atom. The first-order valence-electron chi connectivity index (χ1n) is 7.26. The molecule has 0 saturated heterocycles. The molecule has 0 aliphatic rings. The van der Waals surface area contributed by atoms with Gasteiger partial charge in [-0.25, -0.2) is 10.0 Å². The smallest absolute Gasteiger partial charge is 0.196 e. The van der Waals surface area contributed by atoms with Crippen LogP contribution in [0.5, 0.6) is 5.75 Å². The summed E-state index contributed by atoms with van der Waals surface area (Å²) in [6.07, 6.45) is -0.184. The van der Waals surface area contributed by atoms with Crippen molar-refractivity contribution in [2.24, 2.45) is 0 Å². The maximum absolute atomic E-state index is 5.71. The van der Waals surface area contributed by atoms with Gasteiger partial charge in [-0.3, -0.25) is 0 Å². The summed E-state index contributed by atoms with van der Waals surface area (Å²) in [4.78, 5) is 1.50. The van der Waals surface area contributed by atoms with E-state index in [1.165, 1.54) is 22.2 Å². The van der Waals surface area contributed by atoms with E-state index < -0.39 is 10.0 Å². The van der Waals surface area contributed by atoms with Gasteiger partial charge in [-0.15, -0.1) is 0 Å². The van der Waals surface area contributed by atoms with Crippen molar-refractivity contribution in [3.8, 4) is 5.75 Å². The van der Waals surface area contributed by atoms with Gasteiger partial charge in [0.25, 0.3) is 0 Å². The van der Waals surface area contributed by atoms with Crippen LogP contribution >= 0.6 is 10.0 Å². The van der Waals surface area contributed by atoms with Gasteiger partial charge < -0.3 is 9.47 Å². The second-order valence-corrected chi connectivity index (χ2v) is 8.82. The number of benzene rings is 1. The van der Waals surface area contributed by atoms with Gasteiger partial charge >= 0.3 is 0 Å².